The van der Waals surface area contributed by atoms with Gasteiger partial charge < -0.3 is 10.0 Å². The average Bonchev–Trinajstić information content (AvgIpc) is 2.97. The van der Waals surface area contributed by atoms with E-state index in [4.69, 9.17) is 5.11 Å². The van der Waals surface area contributed by atoms with E-state index in [2.05, 4.69) is 0 Å². The molecule has 1 amide bonds. The number of carbonyl (C=O) groups excluding carboxylic acids is 1. The molecule has 4 rings (SSSR count). The van der Waals surface area contributed by atoms with Crippen molar-refractivity contribution < 1.29 is 14.7 Å². The van der Waals surface area contributed by atoms with Crippen molar-refractivity contribution in [1.29, 1.82) is 0 Å². The first-order valence-electron chi connectivity index (χ1n) is 8.06. The zero-order valence-electron chi connectivity index (χ0n) is 13.1. The predicted octanol–water partition coefficient (Wildman–Crippen LogP) is 3.69. The summed E-state index contributed by atoms with van der Waals surface area (Å²) in [5, 5.41) is 9.13. The summed E-state index contributed by atoms with van der Waals surface area (Å²) in [7, 11) is 0. The highest BCUT2D eigenvalue weighted by Crippen LogP contribution is 2.46. The number of aliphatic carboxylic acids is 1. The fourth-order valence-corrected chi connectivity index (χ4v) is 3.75. The van der Waals surface area contributed by atoms with Gasteiger partial charge in [-0.1, -0.05) is 36.4 Å². The van der Waals surface area contributed by atoms with Gasteiger partial charge in [0.15, 0.2) is 0 Å². The normalized spacial score (nSPS) is 18.1. The van der Waals surface area contributed by atoms with Gasteiger partial charge >= 0.3 is 5.97 Å². The molecule has 1 N–H and O–H groups in total. The number of carbonyl (C=O) groups is 2. The third-order valence-electron chi connectivity index (χ3n) is 4.79. The number of hydrogen-bond acceptors (Lipinski definition) is 2. The Bertz CT molecular complexity index is 854. The standard InChI is InChI=1S/C20H17NO3/c22-18(23)11-14-9-10-15-12-21(17-8-4-7-16(14)19(15)17)20(24)13-5-2-1-3-6-13/h1-9,15H,10-12H2,(H,22,23). The third kappa shape index (κ3) is 2.31. The van der Waals surface area contributed by atoms with Crippen LogP contribution in [-0.4, -0.2) is 23.5 Å². The molecule has 4 heteroatoms. The van der Waals surface area contributed by atoms with Crippen LogP contribution in [0.1, 0.15) is 40.2 Å². The summed E-state index contributed by atoms with van der Waals surface area (Å²) in [4.78, 5) is 25.8. The molecule has 24 heavy (non-hydrogen) atoms. The lowest BCUT2D eigenvalue weighted by atomic mass is 9.83. The lowest BCUT2D eigenvalue weighted by molar-refractivity contribution is -0.135. The summed E-state index contributed by atoms with van der Waals surface area (Å²) in [5.41, 5.74) is 4.55. The van der Waals surface area contributed by atoms with Crippen molar-refractivity contribution >= 4 is 23.1 Å². The number of nitrogens with zero attached hydrogens (tertiary/aromatic N) is 1. The number of rotatable bonds is 3. The summed E-state index contributed by atoms with van der Waals surface area (Å²) in [6, 6.07) is 15.1. The van der Waals surface area contributed by atoms with E-state index in [9.17, 15) is 9.59 Å². The van der Waals surface area contributed by atoms with Crippen molar-refractivity contribution in [2.24, 2.45) is 0 Å². The summed E-state index contributed by atoms with van der Waals surface area (Å²) in [5.74, 6) is -0.577. The van der Waals surface area contributed by atoms with Gasteiger partial charge in [-0.15, -0.1) is 0 Å². The molecule has 0 aromatic heterocycles. The molecule has 2 aliphatic rings. The van der Waals surface area contributed by atoms with Crippen LogP contribution >= 0.6 is 0 Å². The number of amides is 1. The summed E-state index contributed by atoms with van der Waals surface area (Å²) < 4.78 is 0. The smallest absolute Gasteiger partial charge is 0.307 e. The maximum Gasteiger partial charge on any atom is 0.307 e. The highest BCUT2D eigenvalue weighted by atomic mass is 16.4. The van der Waals surface area contributed by atoms with Crippen LogP contribution in [0.3, 0.4) is 0 Å². The van der Waals surface area contributed by atoms with Crippen LogP contribution in [0.4, 0.5) is 5.69 Å². The quantitative estimate of drug-likeness (QED) is 0.938. The molecule has 0 radical (unpaired) electrons. The van der Waals surface area contributed by atoms with Crippen molar-refractivity contribution in [3.8, 4) is 0 Å². The molecule has 0 saturated heterocycles. The molecule has 2 aromatic rings. The lowest BCUT2D eigenvalue weighted by Crippen LogP contribution is -2.29. The topological polar surface area (TPSA) is 57.6 Å². The van der Waals surface area contributed by atoms with Crippen LogP contribution in [0.25, 0.3) is 5.57 Å². The van der Waals surface area contributed by atoms with E-state index in [1.807, 2.05) is 59.5 Å². The maximum absolute atomic E-state index is 12.9. The van der Waals surface area contributed by atoms with Gasteiger partial charge in [-0.3, -0.25) is 9.59 Å². The Kier molecular flexibility index (Phi) is 3.45. The van der Waals surface area contributed by atoms with Crippen molar-refractivity contribution in [2.45, 2.75) is 18.8 Å². The summed E-state index contributed by atoms with van der Waals surface area (Å²) in [6.45, 7) is 0.650. The van der Waals surface area contributed by atoms with Crippen molar-refractivity contribution in [1.82, 2.24) is 0 Å². The van der Waals surface area contributed by atoms with Gasteiger partial charge in [-0.2, -0.15) is 0 Å². The van der Waals surface area contributed by atoms with Crippen molar-refractivity contribution in [2.75, 3.05) is 11.4 Å². The second-order valence-electron chi connectivity index (χ2n) is 6.25. The minimum Gasteiger partial charge on any atom is -0.481 e. The molecule has 0 fully saturated rings. The molecule has 4 nitrogen and oxygen atoms in total. The third-order valence-corrected chi connectivity index (χ3v) is 4.79. The van der Waals surface area contributed by atoms with E-state index < -0.39 is 5.97 Å². The lowest BCUT2D eigenvalue weighted by Gasteiger charge is -2.20. The molecule has 0 saturated carbocycles. The molecule has 1 heterocycles. The van der Waals surface area contributed by atoms with Gasteiger partial charge in [-0.05, 0) is 41.3 Å². The molecule has 1 atom stereocenters. The van der Waals surface area contributed by atoms with Gasteiger partial charge in [0.25, 0.3) is 5.91 Å². The van der Waals surface area contributed by atoms with E-state index in [0.717, 1.165) is 28.8 Å². The molecular weight excluding hydrogens is 302 g/mol. The Morgan fingerprint density at radius 1 is 1.08 bits per heavy atom. The Hall–Kier alpha value is -2.88. The average molecular weight is 319 g/mol. The van der Waals surface area contributed by atoms with Crippen LogP contribution in [0.2, 0.25) is 0 Å². The molecule has 2 aromatic carbocycles. The highest BCUT2D eigenvalue weighted by molar-refractivity contribution is 6.08. The summed E-state index contributed by atoms with van der Waals surface area (Å²) in [6.07, 6.45) is 2.82. The Morgan fingerprint density at radius 2 is 1.88 bits per heavy atom. The second kappa shape index (κ2) is 5.64. The monoisotopic (exact) mass is 319 g/mol. The summed E-state index contributed by atoms with van der Waals surface area (Å²) >= 11 is 0. The minimum absolute atomic E-state index is 0.00168. The van der Waals surface area contributed by atoms with Gasteiger partial charge in [0.2, 0.25) is 0 Å². The number of carboxylic acid groups (broad SMARTS) is 1. The van der Waals surface area contributed by atoms with E-state index in [-0.39, 0.29) is 18.2 Å². The molecule has 1 aliphatic heterocycles. The number of hydrogen-bond donors (Lipinski definition) is 1. The molecule has 1 aliphatic carbocycles. The van der Waals surface area contributed by atoms with Crippen LogP contribution in [0.15, 0.2) is 54.6 Å². The van der Waals surface area contributed by atoms with Crippen LogP contribution in [0, 0.1) is 0 Å². The fourth-order valence-electron chi connectivity index (χ4n) is 3.75. The van der Waals surface area contributed by atoms with Crippen LogP contribution in [0.5, 0.6) is 0 Å². The Labute approximate surface area is 140 Å². The first kappa shape index (κ1) is 14.7. The molecule has 0 spiro atoms. The van der Waals surface area contributed by atoms with Gasteiger partial charge in [0.05, 0.1) is 6.42 Å². The Balaban J connectivity index is 1.74. The first-order chi connectivity index (χ1) is 11.6. The van der Waals surface area contributed by atoms with E-state index in [1.165, 1.54) is 0 Å². The van der Waals surface area contributed by atoms with Crippen LogP contribution < -0.4 is 4.90 Å². The number of allylic oxidation sites excluding steroid dienone is 1. The van der Waals surface area contributed by atoms with Crippen LogP contribution in [-0.2, 0) is 4.79 Å². The minimum atomic E-state index is -0.826. The first-order valence-corrected chi connectivity index (χ1v) is 8.06. The van der Waals surface area contributed by atoms with Gasteiger partial charge in [0, 0.05) is 23.7 Å². The largest absolute Gasteiger partial charge is 0.481 e. The SMILES string of the molecule is O=C(O)CC1=CCC2CN(C(=O)c3ccccc3)c3cccc1c32. The molecule has 120 valence electrons. The van der Waals surface area contributed by atoms with Gasteiger partial charge in [-0.25, -0.2) is 0 Å². The van der Waals surface area contributed by atoms with Gasteiger partial charge in [0.1, 0.15) is 0 Å². The zero-order chi connectivity index (χ0) is 16.7. The van der Waals surface area contributed by atoms with E-state index in [0.29, 0.717) is 12.1 Å². The molecule has 0 bridgehead atoms. The molecular formula is C20H17NO3. The maximum atomic E-state index is 12.9. The van der Waals surface area contributed by atoms with Crippen molar-refractivity contribution in [3.63, 3.8) is 0 Å². The predicted molar refractivity (Wildman–Crippen MR) is 92.1 cm³/mol. The Morgan fingerprint density at radius 3 is 2.62 bits per heavy atom. The zero-order valence-corrected chi connectivity index (χ0v) is 13.1. The second-order valence-corrected chi connectivity index (χ2v) is 6.25. The van der Waals surface area contributed by atoms with E-state index >= 15 is 0 Å². The van der Waals surface area contributed by atoms with Crippen molar-refractivity contribution in [3.05, 3.63) is 71.3 Å². The van der Waals surface area contributed by atoms with E-state index in [1.54, 1.807) is 0 Å². The fraction of sp³-hybridized carbons (Fsp3) is 0.200. The number of carboxylic acids is 1. The number of benzene rings is 2. The molecule has 1 unspecified atom stereocenters. The number of anilines is 1. The highest BCUT2D eigenvalue weighted by Gasteiger charge is 2.36.